The van der Waals surface area contributed by atoms with Crippen LogP contribution in [0.3, 0.4) is 0 Å². The fraction of sp³-hybridized carbons (Fsp3) is 0. The molecule has 11 aromatic carbocycles. The van der Waals surface area contributed by atoms with Crippen LogP contribution < -0.4 is 4.90 Å². The Balaban J connectivity index is 0.905. The highest BCUT2D eigenvalue weighted by Crippen LogP contribution is 2.42. The van der Waals surface area contributed by atoms with Crippen LogP contribution in [0.2, 0.25) is 0 Å². The second kappa shape index (κ2) is 15.8. The molecule has 0 saturated heterocycles. The van der Waals surface area contributed by atoms with Crippen LogP contribution in [-0.4, -0.2) is 0 Å². The molecule has 0 aliphatic carbocycles. The van der Waals surface area contributed by atoms with Gasteiger partial charge in [-0.2, -0.15) is 0 Å². The lowest BCUT2D eigenvalue weighted by Gasteiger charge is -2.26. The van der Waals surface area contributed by atoms with E-state index in [0.717, 1.165) is 50.1 Å². The van der Waals surface area contributed by atoms with Crippen LogP contribution in [0, 0.1) is 0 Å². The lowest BCUT2D eigenvalue weighted by atomic mass is 9.96. The van der Waals surface area contributed by atoms with Crippen molar-refractivity contribution in [2.45, 2.75) is 0 Å². The highest BCUT2D eigenvalue weighted by Gasteiger charge is 2.17. The number of furan rings is 1. The molecule has 0 spiro atoms. The highest BCUT2D eigenvalue weighted by molar-refractivity contribution is 6.12. The minimum absolute atomic E-state index is 0.891. The molecule has 0 bridgehead atoms. The average Bonchev–Trinajstić information content (AvgIpc) is 3.76. The Labute approximate surface area is 372 Å². The zero-order chi connectivity index (χ0) is 42.4. The second-order valence-electron chi connectivity index (χ2n) is 16.5. The molecule has 0 saturated carbocycles. The Kier molecular flexibility index (Phi) is 9.20. The SMILES string of the molecule is c1cc(-c2cccc3oc4ccccc4c23)cc(N(c2ccc(-c3ccc(-c4cccc5ccccc45)cc3)cc2)c2ccc(-c3ccc(-c4cccc5ccccc45)cc3)cc2)c1. The minimum Gasteiger partial charge on any atom is -0.456 e. The van der Waals surface area contributed by atoms with Gasteiger partial charge in [0, 0.05) is 27.8 Å². The molecule has 12 aromatic rings. The van der Waals surface area contributed by atoms with Crippen LogP contribution in [0.5, 0.6) is 0 Å². The Morgan fingerprint density at radius 1 is 0.250 bits per heavy atom. The van der Waals surface area contributed by atoms with Gasteiger partial charge in [0.15, 0.2) is 0 Å². The van der Waals surface area contributed by atoms with Crippen molar-refractivity contribution in [1.82, 2.24) is 0 Å². The van der Waals surface area contributed by atoms with Crippen molar-refractivity contribution < 1.29 is 4.42 Å². The second-order valence-corrected chi connectivity index (χ2v) is 16.5. The van der Waals surface area contributed by atoms with Crippen LogP contribution in [0.25, 0.3) is 99.1 Å². The van der Waals surface area contributed by atoms with E-state index in [0.29, 0.717) is 0 Å². The molecule has 0 aliphatic rings. The van der Waals surface area contributed by atoms with Crippen molar-refractivity contribution in [3.63, 3.8) is 0 Å². The summed E-state index contributed by atoms with van der Waals surface area (Å²) in [6.07, 6.45) is 0. The first-order valence-corrected chi connectivity index (χ1v) is 21.9. The maximum absolute atomic E-state index is 6.31. The first-order valence-electron chi connectivity index (χ1n) is 21.9. The van der Waals surface area contributed by atoms with Gasteiger partial charge in [0.05, 0.1) is 0 Å². The summed E-state index contributed by atoms with van der Waals surface area (Å²) in [5.74, 6) is 0. The lowest BCUT2D eigenvalue weighted by molar-refractivity contribution is 0.669. The van der Waals surface area contributed by atoms with Gasteiger partial charge in [-0.15, -0.1) is 0 Å². The van der Waals surface area contributed by atoms with Crippen molar-refractivity contribution in [3.05, 3.63) is 249 Å². The predicted molar refractivity (Wildman–Crippen MR) is 271 cm³/mol. The number of anilines is 3. The highest BCUT2D eigenvalue weighted by atomic mass is 16.3. The number of fused-ring (bicyclic) bond motifs is 5. The number of hydrogen-bond acceptors (Lipinski definition) is 2. The molecule has 0 fully saturated rings. The molecule has 300 valence electrons. The van der Waals surface area contributed by atoms with Crippen molar-refractivity contribution in [2.24, 2.45) is 0 Å². The number of para-hydroxylation sites is 1. The van der Waals surface area contributed by atoms with E-state index in [1.807, 2.05) is 12.1 Å². The third kappa shape index (κ3) is 6.70. The monoisotopic (exact) mass is 815 g/mol. The molecule has 0 radical (unpaired) electrons. The van der Waals surface area contributed by atoms with Gasteiger partial charge in [-0.25, -0.2) is 0 Å². The third-order valence-corrected chi connectivity index (χ3v) is 12.7. The van der Waals surface area contributed by atoms with Gasteiger partial charge in [0.2, 0.25) is 0 Å². The summed E-state index contributed by atoms with van der Waals surface area (Å²) < 4.78 is 6.31. The number of benzene rings is 11. The van der Waals surface area contributed by atoms with Gasteiger partial charge in [-0.1, -0.05) is 200 Å². The zero-order valence-corrected chi connectivity index (χ0v) is 35.0. The van der Waals surface area contributed by atoms with Crippen molar-refractivity contribution in [3.8, 4) is 55.6 Å². The molecule has 12 rings (SSSR count). The van der Waals surface area contributed by atoms with Crippen LogP contribution in [0.4, 0.5) is 17.1 Å². The van der Waals surface area contributed by atoms with Crippen molar-refractivity contribution in [1.29, 1.82) is 0 Å². The largest absolute Gasteiger partial charge is 0.456 e. The fourth-order valence-electron chi connectivity index (χ4n) is 9.52. The minimum atomic E-state index is 0.891. The summed E-state index contributed by atoms with van der Waals surface area (Å²) in [4.78, 5) is 2.36. The summed E-state index contributed by atoms with van der Waals surface area (Å²) in [5, 5.41) is 7.30. The van der Waals surface area contributed by atoms with Crippen LogP contribution in [0.1, 0.15) is 0 Å². The molecule has 1 aromatic heterocycles. The topological polar surface area (TPSA) is 16.4 Å². The van der Waals surface area contributed by atoms with Crippen LogP contribution in [0.15, 0.2) is 253 Å². The number of rotatable bonds is 8. The predicted octanol–water partition coefficient (Wildman–Crippen LogP) is 17.7. The van der Waals surface area contributed by atoms with Crippen LogP contribution in [-0.2, 0) is 0 Å². The van der Waals surface area contributed by atoms with Gasteiger partial charge in [-0.3, -0.25) is 0 Å². The standard InChI is InChI=1S/C62H41NO/c1-3-17-54-46(11-1)13-8-20-56(54)48-29-25-42(26-30-48)44-33-37-51(38-34-44)63(53-16-7-15-50(41-53)58-22-10-24-61-62(58)59-19-5-6-23-60(59)64-61)52-39-35-45(36-40-52)43-27-31-49(32-28-43)57-21-9-14-47-12-2-4-18-55(47)57/h1-41H. The van der Waals surface area contributed by atoms with Gasteiger partial charge >= 0.3 is 0 Å². The molecular weight excluding hydrogens is 775 g/mol. The van der Waals surface area contributed by atoms with Crippen molar-refractivity contribution in [2.75, 3.05) is 4.90 Å². The van der Waals surface area contributed by atoms with E-state index in [2.05, 4.69) is 241 Å². The molecule has 1 heterocycles. The summed E-state index contributed by atoms with van der Waals surface area (Å²) >= 11 is 0. The molecule has 0 amide bonds. The smallest absolute Gasteiger partial charge is 0.136 e. The molecule has 0 atom stereocenters. The zero-order valence-electron chi connectivity index (χ0n) is 35.0. The molecule has 2 nitrogen and oxygen atoms in total. The maximum atomic E-state index is 6.31. The molecule has 2 heteroatoms. The van der Waals surface area contributed by atoms with E-state index in [1.165, 1.54) is 66.1 Å². The molecule has 0 unspecified atom stereocenters. The van der Waals surface area contributed by atoms with Gasteiger partial charge in [0.1, 0.15) is 11.2 Å². The van der Waals surface area contributed by atoms with Gasteiger partial charge < -0.3 is 9.32 Å². The van der Waals surface area contributed by atoms with Crippen LogP contribution >= 0.6 is 0 Å². The number of nitrogens with zero attached hydrogens (tertiary/aromatic N) is 1. The van der Waals surface area contributed by atoms with Crippen molar-refractivity contribution >= 4 is 60.5 Å². The first kappa shape index (κ1) is 37.3. The Hall–Kier alpha value is -8.46. The quantitative estimate of drug-likeness (QED) is 0.152. The molecular formula is C62H41NO. The summed E-state index contributed by atoms with van der Waals surface area (Å²) in [5.41, 5.74) is 16.9. The van der Waals surface area contributed by atoms with E-state index in [9.17, 15) is 0 Å². The van der Waals surface area contributed by atoms with E-state index in [-0.39, 0.29) is 0 Å². The Bertz CT molecular complexity index is 3460. The van der Waals surface area contributed by atoms with E-state index >= 15 is 0 Å². The fourth-order valence-corrected chi connectivity index (χ4v) is 9.52. The van der Waals surface area contributed by atoms with E-state index in [1.54, 1.807) is 0 Å². The summed E-state index contributed by atoms with van der Waals surface area (Å²) in [6, 6.07) is 89.6. The Morgan fingerprint density at radius 3 is 1.22 bits per heavy atom. The summed E-state index contributed by atoms with van der Waals surface area (Å²) in [7, 11) is 0. The van der Waals surface area contributed by atoms with E-state index < -0.39 is 0 Å². The molecule has 0 N–H and O–H groups in total. The van der Waals surface area contributed by atoms with E-state index in [4.69, 9.17) is 4.42 Å². The molecule has 64 heavy (non-hydrogen) atoms. The molecule has 0 aliphatic heterocycles. The van der Waals surface area contributed by atoms with Gasteiger partial charge in [0.25, 0.3) is 0 Å². The number of hydrogen-bond donors (Lipinski definition) is 0. The van der Waals surface area contributed by atoms with Gasteiger partial charge in [-0.05, 0) is 126 Å². The normalized spacial score (nSPS) is 11.4. The average molecular weight is 816 g/mol. The Morgan fingerprint density at radius 2 is 0.656 bits per heavy atom. The lowest BCUT2D eigenvalue weighted by Crippen LogP contribution is -2.10. The first-order chi connectivity index (χ1) is 31.7. The maximum Gasteiger partial charge on any atom is 0.136 e. The third-order valence-electron chi connectivity index (χ3n) is 12.7. The summed E-state index contributed by atoms with van der Waals surface area (Å²) in [6.45, 7) is 0.